The highest BCUT2D eigenvalue weighted by Crippen LogP contribution is 2.44. The highest BCUT2D eigenvalue weighted by Gasteiger charge is 2.32. The van der Waals surface area contributed by atoms with Crippen LogP contribution in [0.1, 0.15) is 42.7 Å². The number of fused-ring (bicyclic) bond motifs is 2. The maximum atomic E-state index is 13.4. The Kier molecular flexibility index (Phi) is 6.06. The van der Waals surface area contributed by atoms with Crippen molar-refractivity contribution in [2.45, 2.75) is 36.5 Å². The maximum absolute atomic E-state index is 13.4. The van der Waals surface area contributed by atoms with Crippen molar-refractivity contribution in [2.24, 2.45) is 4.99 Å². The van der Waals surface area contributed by atoms with E-state index in [-0.39, 0.29) is 10.8 Å². The molecule has 0 aromatic heterocycles. The largest absolute Gasteiger partial charge is 0.457 e. The van der Waals surface area contributed by atoms with E-state index in [1.165, 1.54) is 12.1 Å². The molecule has 0 spiro atoms. The molecule has 0 unspecified atom stereocenters. The van der Waals surface area contributed by atoms with Crippen LogP contribution in [0.15, 0.2) is 82.7 Å². The van der Waals surface area contributed by atoms with Crippen molar-refractivity contribution in [1.82, 2.24) is 4.72 Å². The first-order valence-electron chi connectivity index (χ1n) is 11.3. The molecular formula is C26H25N3O4S. The molecule has 3 aromatic carbocycles. The zero-order chi connectivity index (χ0) is 23.5. The number of carbonyl (C=O) groups excluding carboxylic acids is 1. The summed E-state index contributed by atoms with van der Waals surface area (Å²) in [5.74, 6) is 1.04. The first kappa shape index (κ1) is 22.2. The zero-order valence-corrected chi connectivity index (χ0v) is 19.3. The number of carbonyl (C=O) groups is 1. The molecule has 2 heterocycles. The van der Waals surface area contributed by atoms with Crippen molar-refractivity contribution in [3.8, 4) is 11.5 Å². The molecule has 8 heteroatoms. The van der Waals surface area contributed by atoms with Crippen molar-refractivity contribution in [2.75, 3.05) is 11.9 Å². The third kappa shape index (κ3) is 4.54. The van der Waals surface area contributed by atoms with Gasteiger partial charge in [0.05, 0.1) is 10.8 Å². The van der Waals surface area contributed by atoms with Gasteiger partial charge < -0.3 is 10.1 Å². The number of amides is 1. The van der Waals surface area contributed by atoms with E-state index in [0.29, 0.717) is 36.0 Å². The SMILES string of the molecule is O=C(Nc1ccc(S(=O)(=O)NC2=NCCCCC2)cc1)C1c2ccccc2Oc2ccccc21. The van der Waals surface area contributed by atoms with Crippen LogP contribution in [-0.2, 0) is 14.8 Å². The van der Waals surface area contributed by atoms with E-state index in [4.69, 9.17) is 4.74 Å². The molecule has 7 nitrogen and oxygen atoms in total. The van der Waals surface area contributed by atoms with Gasteiger partial charge >= 0.3 is 0 Å². The van der Waals surface area contributed by atoms with E-state index < -0.39 is 15.9 Å². The summed E-state index contributed by atoms with van der Waals surface area (Å²) in [6.45, 7) is 0.640. The van der Waals surface area contributed by atoms with Crippen LogP contribution in [0.25, 0.3) is 0 Å². The summed E-state index contributed by atoms with van der Waals surface area (Å²) in [7, 11) is -3.73. The summed E-state index contributed by atoms with van der Waals surface area (Å²) in [6, 6.07) is 21.1. The summed E-state index contributed by atoms with van der Waals surface area (Å²) in [6.07, 6.45) is 3.57. The fourth-order valence-electron chi connectivity index (χ4n) is 4.30. The Hall–Kier alpha value is -3.65. The molecule has 34 heavy (non-hydrogen) atoms. The molecule has 0 bridgehead atoms. The second-order valence-corrected chi connectivity index (χ2v) is 10.1. The molecule has 3 aromatic rings. The molecule has 174 valence electrons. The smallest absolute Gasteiger partial charge is 0.262 e. The highest BCUT2D eigenvalue weighted by atomic mass is 32.2. The Balaban J connectivity index is 1.35. The summed E-state index contributed by atoms with van der Waals surface area (Å²) < 4.78 is 34.1. The van der Waals surface area contributed by atoms with Gasteiger partial charge in [0.1, 0.15) is 17.3 Å². The van der Waals surface area contributed by atoms with Gasteiger partial charge in [-0.2, -0.15) is 0 Å². The standard InChI is InChI=1S/C26H25N3O4S/c30-26(25-20-8-3-5-10-22(20)33-23-11-6-4-9-21(23)25)28-18-13-15-19(16-14-18)34(31,32)29-24-12-2-1-7-17-27-24/h3-6,8-11,13-16,25H,1-2,7,12,17H2,(H,27,29)(H,28,30). The quantitative estimate of drug-likeness (QED) is 0.566. The number of para-hydroxylation sites is 2. The van der Waals surface area contributed by atoms with Crippen LogP contribution in [0.2, 0.25) is 0 Å². The molecule has 0 saturated heterocycles. The minimum atomic E-state index is -3.73. The number of anilines is 1. The molecule has 2 aliphatic heterocycles. The van der Waals surface area contributed by atoms with Crippen LogP contribution in [-0.4, -0.2) is 26.7 Å². The second kappa shape index (κ2) is 9.30. The van der Waals surface area contributed by atoms with E-state index >= 15 is 0 Å². The number of aliphatic imine (C=N–C) groups is 1. The molecule has 0 radical (unpaired) electrons. The molecule has 2 N–H and O–H groups in total. The third-order valence-electron chi connectivity index (χ3n) is 6.00. The predicted octanol–water partition coefficient (Wildman–Crippen LogP) is 4.81. The van der Waals surface area contributed by atoms with Gasteiger partial charge in [-0.15, -0.1) is 0 Å². The normalized spacial score (nSPS) is 15.7. The molecule has 2 aliphatic rings. The average molecular weight is 476 g/mol. The zero-order valence-electron chi connectivity index (χ0n) is 18.5. The lowest BCUT2D eigenvalue weighted by Gasteiger charge is -2.27. The first-order chi connectivity index (χ1) is 16.5. The molecule has 0 aliphatic carbocycles. The Morgan fingerprint density at radius 2 is 1.50 bits per heavy atom. The number of sulfonamides is 1. The molecule has 0 saturated carbocycles. The number of rotatable bonds is 4. The third-order valence-corrected chi connectivity index (χ3v) is 7.40. The van der Waals surface area contributed by atoms with Crippen LogP contribution in [0, 0.1) is 0 Å². The van der Waals surface area contributed by atoms with E-state index in [1.807, 2.05) is 48.5 Å². The van der Waals surface area contributed by atoms with Gasteiger partial charge in [-0.3, -0.25) is 14.5 Å². The minimum Gasteiger partial charge on any atom is -0.457 e. The lowest BCUT2D eigenvalue weighted by atomic mass is 9.87. The van der Waals surface area contributed by atoms with Crippen molar-refractivity contribution in [1.29, 1.82) is 0 Å². The van der Waals surface area contributed by atoms with Gasteiger partial charge in [0, 0.05) is 29.8 Å². The number of nitrogens with zero attached hydrogens (tertiary/aromatic N) is 1. The van der Waals surface area contributed by atoms with Crippen LogP contribution in [0.5, 0.6) is 11.5 Å². The average Bonchev–Trinajstić information content (AvgIpc) is 3.11. The Morgan fingerprint density at radius 1 is 0.853 bits per heavy atom. The van der Waals surface area contributed by atoms with Gasteiger partial charge in [0.25, 0.3) is 10.0 Å². The molecule has 5 rings (SSSR count). The number of benzene rings is 3. The number of ether oxygens (including phenoxy) is 1. The molecule has 1 amide bonds. The fourth-order valence-corrected chi connectivity index (χ4v) is 5.38. The Labute approximate surface area is 198 Å². The lowest BCUT2D eigenvalue weighted by molar-refractivity contribution is -0.116. The van der Waals surface area contributed by atoms with Gasteiger partial charge in [-0.05, 0) is 49.2 Å². The van der Waals surface area contributed by atoms with Crippen LogP contribution < -0.4 is 14.8 Å². The Bertz CT molecular complexity index is 1300. The van der Waals surface area contributed by atoms with Gasteiger partial charge in [0.2, 0.25) is 5.91 Å². The molecule has 0 atom stereocenters. The van der Waals surface area contributed by atoms with Gasteiger partial charge in [-0.1, -0.05) is 42.8 Å². The second-order valence-electron chi connectivity index (χ2n) is 8.37. The highest BCUT2D eigenvalue weighted by molar-refractivity contribution is 7.90. The van der Waals surface area contributed by atoms with Crippen molar-refractivity contribution in [3.05, 3.63) is 83.9 Å². The van der Waals surface area contributed by atoms with E-state index in [9.17, 15) is 13.2 Å². The topological polar surface area (TPSA) is 96.9 Å². The molecule has 0 fully saturated rings. The van der Waals surface area contributed by atoms with Gasteiger partial charge in [-0.25, -0.2) is 8.42 Å². The molecular weight excluding hydrogens is 450 g/mol. The minimum absolute atomic E-state index is 0.124. The van der Waals surface area contributed by atoms with Crippen LogP contribution in [0.3, 0.4) is 0 Å². The van der Waals surface area contributed by atoms with Crippen molar-refractivity contribution in [3.63, 3.8) is 0 Å². The van der Waals surface area contributed by atoms with Crippen LogP contribution >= 0.6 is 0 Å². The Morgan fingerprint density at radius 3 is 2.18 bits per heavy atom. The van der Waals surface area contributed by atoms with E-state index in [2.05, 4.69) is 15.0 Å². The first-order valence-corrected chi connectivity index (χ1v) is 12.8. The number of nitrogens with one attached hydrogen (secondary N) is 2. The summed E-state index contributed by atoms with van der Waals surface area (Å²) in [5.41, 5.74) is 2.08. The van der Waals surface area contributed by atoms with Crippen LogP contribution in [0.4, 0.5) is 5.69 Å². The summed E-state index contributed by atoms with van der Waals surface area (Å²) in [4.78, 5) is 17.8. The monoisotopic (exact) mass is 475 g/mol. The number of hydrogen-bond acceptors (Lipinski definition) is 5. The number of hydrogen-bond donors (Lipinski definition) is 2. The summed E-state index contributed by atoms with van der Waals surface area (Å²) >= 11 is 0. The van der Waals surface area contributed by atoms with Crippen molar-refractivity contribution >= 4 is 27.5 Å². The predicted molar refractivity (Wildman–Crippen MR) is 131 cm³/mol. The number of amidine groups is 1. The lowest BCUT2D eigenvalue weighted by Crippen LogP contribution is -2.30. The summed E-state index contributed by atoms with van der Waals surface area (Å²) in [5, 5.41) is 2.93. The van der Waals surface area contributed by atoms with E-state index in [1.54, 1.807) is 12.1 Å². The van der Waals surface area contributed by atoms with Crippen molar-refractivity contribution < 1.29 is 17.9 Å². The maximum Gasteiger partial charge on any atom is 0.262 e. The fraction of sp³-hybridized carbons (Fsp3) is 0.231. The van der Waals surface area contributed by atoms with E-state index in [0.717, 1.165) is 30.4 Å². The van der Waals surface area contributed by atoms with Gasteiger partial charge in [0.15, 0.2) is 0 Å².